The number of carbonyl (C=O) groups is 1. The number of rotatable bonds is 6. The van der Waals surface area contributed by atoms with Crippen LogP contribution < -0.4 is 4.74 Å². The topological polar surface area (TPSA) is 70.1 Å². The van der Waals surface area contributed by atoms with Gasteiger partial charge in [0.1, 0.15) is 11.3 Å². The summed E-state index contributed by atoms with van der Waals surface area (Å²) in [6.45, 7) is 4.79. The number of hydrogen-bond donors (Lipinski definition) is 0. The third-order valence-corrected chi connectivity index (χ3v) is 9.24. The molecule has 8 nitrogen and oxygen atoms in total. The second kappa shape index (κ2) is 9.26. The van der Waals surface area contributed by atoms with Gasteiger partial charge in [0, 0.05) is 56.4 Å². The Labute approximate surface area is 231 Å². The minimum absolute atomic E-state index is 0.0616. The molecule has 1 saturated heterocycles. The maximum absolute atomic E-state index is 13.5. The number of carbonyl (C=O) groups excluding carboxylic acids is 1. The van der Waals surface area contributed by atoms with Crippen LogP contribution in [0.4, 0.5) is 0 Å². The number of aromatic nitrogens is 5. The first-order valence-corrected chi connectivity index (χ1v) is 14.7. The van der Waals surface area contributed by atoms with E-state index in [1.807, 2.05) is 42.0 Å². The predicted octanol–water partition coefficient (Wildman–Crippen LogP) is 5.95. The number of nitrogens with zero attached hydrogens (tertiary/aromatic N) is 6. The number of amides is 1. The number of likely N-dealkylation sites (tertiary alicyclic amines) is 1. The Balaban J connectivity index is 1.37. The zero-order valence-electron chi connectivity index (χ0n) is 23.0. The fourth-order valence-corrected chi connectivity index (χ4v) is 7.11. The number of piperidine rings is 1. The predicted molar refractivity (Wildman–Crippen MR) is 155 cm³/mol. The lowest BCUT2D eigenvalue weighted by Crippen LogP contribution is -2.39. The fraction of sp³-hybridized carbons (Fsp3) is 0.433. The van der Waals surface area contributed by atoms with Crippen molar-refractivity contribution in [2.24, 2.45) is 25.9 Å². The van der Waals surface area contributed by atoms with Gasteiger partial charge in [0.05, 0.1) is 34.2 Å². The summed E-state index contributed by atoms with van der Waals surface area (Å²) in [7, 11) is 5.67. The minimum atomic E-state index is 0.0616. The molecular weight excluding hydrogens is 508 g/mol. The van der Waals surface area contributed by atoms with Crippen molar-refractivity contribution in [3.05, 3.63) is 41.4 Å². The minimum Gasteiger partial charge on any atom is -0.494 e. The van der Waals surface area contributed by atoms with E-state index in [1.54, 1.807) is 18.4 Å². The average molecular weight is 543 g/mol. The van der Waals surface area contributed by atoms with Crippen LogP contribution in [0.2, 0.25) is 0 Å². The summed E-state index contributed by atoms with van der Waals surface area (Å²) < 4.78 is 13.5. The molecule has 0 radical (unpaired) electrons. The Bertz CT molecular complexity index is 1720. The second-order valence-electron chi connectivity index (χ2n) is 11.4. The third-order valence-electron chi connectivity index (χ3n) is 8.32. The fourth-order valence-electron chi connectivity index (χ4n) is 6.12. The van der Waals surface area contributed by atoms with E-state index in [0.29, 0.717) is 23.1 Å². The molecular formula is C30H34N6O2S. The van der Waals surface area contributed by atoms with Crippen LogP contribution in [0.1, 0.15) is 43.0 Å². The van der Waals surface area contributed by atoms with Gasteiger partial charge in [0.2, 0.25) is 0 Å². The maximum Gasteiger partial charge on any atom is 0.254 e. The van der Waals surface area contributed by atoms with Gasteiger partial charge in [-0.05, 0) is 61.8 Å². The molecule has 9 heteroatoms. The standard InChI is InChI=1S/C30H34N6O2S/c1-18-6-5-10-35(15-18)30(37)20-12-23-28(25(13-20)38-4)34(3)29(31-23)24-14-26-27(36(24)16-19-7-8-19)21(17-39-26)22-9-11-33(2)32-22/h9,11-14,17-19H,5-8,10,15-16H2,1-4H3/t18-/m1/s1. The monoisotopic (exact) mass is 542 g/mol. The van der Waals surface area contributed by atoms with Gasteiger partial charge in [-0.15, -0.1) is 11.3 Å². The second-order valence-corrected chi connectivity index (χ2v) is 12.3. The van der Waals surface area contributed by atoms with Crippen molar-refractivity contribution in [2.45, 2.75) is 39.2 Å². The van der Waals surface area contributed by atoms with Crippen molar-refractivity contribution < 1.29 is 9.53 Å². The average Bonchev–Trinajstić information content (AvgIpc) is 3.21. The van der Waals surface area contributed by atoms with Crippen LogP contribution in [0.3, 0.4) is 0 Å². The highest BCUT2D eigenvalue weighted by Gasteiger charge is 2.29. The molecule has 1 atom stereocenters. The van der Waals surface area contributed by atoms with E-state index in [9.17, 15) is 4.79 Å². The lowest BCUT2D eigenvalue weighted by Gasteiger charge is -2.31. The van der Waals surface area contributed by atoms with Gasteiger partial charge in [-0.3, -0.25) is 9.48 Å². The smallest absolute Gasteiger partial charge is 0.254 e. The summed E-state index contributed by atoms with van der Waals surface area (Å²) in [5, 5.41) is 6.92. The highest BCUT2D eigenvalue weighted by Crippen LogP contribution is 2.42. The van der Waals surface area contributed by atoms with Crippen LogP contribution in [-0.2, 0) is 20.6 Å². The van der Waals surface area contributed by atoms with Crippen molar-refractivity contribution in [1.29, 1.82) is 0 Å². The van der Waals surface area contributed by atoms with E-state index >= 15 is 0 Å². The van der Waals surface area contributed by atoms with Crippen molar-refractivity contribution in [3.8, 4) is 28.5 Å². The van der Waals surface area contributed by atoms with Gasteiger partial charge in [0.25, 0.3) is 5.91 Å². The number of hydrogen-bond acceptors (Lipinski definition) is 5. The van der Waals surface area contributed by atoms with Crippen LogP contribution in [0.15, 0.2) is 35.8 Å². The Morgan fingerprint density at radius 1 is 1.15 bits per heavy atom. The lowest BCUT2D eigenvalue weighted by atomic mass is 9.99. The molecule has 1 aromatic carbocycles. The SMILES string of the molecule is COc1cc(C(=O)N2CCC[C@@H](C)C2)cc2nc(-c3cc4scc(-c5ccn(C)n5)c4n3CC3CC3)n(C)c12. The number of thiophene rings is 1. The van der Waals surface area contributed by atoms with E-state index in [2.05, 4.69) is 33.6 Å². The van der Waals surface area contributed by atoms with Crippen LogP contribution >= 0.6 is 11.3 Å². The highest BCUT2D eigenvalue weighted by atomic mass is 32.1. The summed E-state index contributed by atoms with van der Waals surface area (Å²) in [5.41, 5.74) is 6.82. The molecule has 202 valence electrons. The molecule has 1 aliphatic carbocycles. The van der Waals surface area contributed by atoms with Crippen LogP contribution in [0, 0.1) is 11.8 Å². The van der Waals surface area contributed by atoms with Crippen LogP contribution in [0.5, 0.6) is 5.75 Å². The number of aryl methyl sites for hydroxylation is 2. The van der Waals surface area contributed by atoms with Crippen molar-refractivity contribution in [1.82, 2.24) is 28.8 Å². The molecule has 0 bridgehead atoms. The number of fused-ring (bicyclic) bond motifs is 2. The third kappa shape index (κ3) is 4.14. The first-order valence-electron chi connectivity index (χ1n) is 13.9. The zero-order valence-corrected chi connectivity index (χ0v) is 23.8. The molecule has 1 aliphatic heterocycles. The molecule has 0 spiro atoms. The van der Waals surface area contributed by atoms with Gasteiger partial charge in [0.15, 0.2) is 5.82 Å². The summed E-state index contributed by atoms with van der Waals surface area (Å²) >= 11 is 1.76. The molecule has 5 aromatic rings. The molecule has 2 aliphatic rings. The number of methoxy groups -OCH3 is 1. The summed E-state index contributed by atoms with van der Waals surface area (Å²) in [4.78, 5) is 20.6. The number of ether oxygens (including phenoxy) is 1. The normalized spacial score (nSPS) is 17.9. The number of benzene rings is 1. The highest BCUT2D eigenvalue weighted by molar-refractivity contribution is 7.17. The molecule has 0 N–H and O–H groups in total. The van der Waals surface area contributed by atoms with E-state index in [4.69, 9.17) is 14.8 Å². The van der Waals surface area contributed by atoms with Gasteiger partial charge in [-0.2, -0.15) is 5.10 Å². The van der Waals surface area contributed by atoms with Gasteiger partial charge < -0.3 is 18.8 Å². The Hall–Kier alpha value is -3.59. The zero-order chi connectivity index (χ0) is 26.8. The van der Waals surface area contributed by atoms with Crippen molar-refractivity contribution in [3.63, 3.8) is 0 Å². The van der Waals surface area contributed by atoms with Crippen molar-refractivity contribution >= 4 is 38.5 Å². The van der Waals surface area contributed by atoms with Gasteiger partial charge in [-0.1, -0.05) is 6.92 Å². The molecule has 0 unspecified atom stereocenters. The molecule has 1 saturated carbocycles. The van der Waals surface area contributed by atoms with E-state index in [-0.39, 0.29) is 5.91 Å². The molecule has 39 heavy (non-hydrogen) atoms. The number of imidazole rings is 1. The first kappa shape index (κ1) is 24.5. The summed E-state index contributed by atoms with van der Waals surface area (Å²) in [5.74, 6) is 2.84. The maximum atomic E-state index is 13.5. The Morgan fingerprint density at radius 2 is 2.00 bits per heavy atom. The summed E-state index contributed by atoms with van der Waals surface area (Å²) in [6.07, 6.45) is 6.75. The van der Waals surface area contributed by atoms with E-state index < -0.39 is 0 Å². The van der Waals surface area contributed by atoms with Crippen LogP contribution in [0.25, 0.3) is 44.0 Å². The van der Waals surface area contributed by atoms with E-state index in [0.717, 1.165) is 54.3 Å². The van der Waals surface area contributed by atoms with Gasteiger partial charge in [-0.25, -0.2) is 4.98 Å². The Kier molecular flexibility index (Phi) is 5.80. The Morgan fingerprint density at radius 3 is 2.72 bits per heavy atom. The molecule has 2 fully saturated rings. The quantitative estimate of drug-likeness (QED) is 0.266. The molecule has 4 aromatic heterocycles. The molecule has 7 rings (SSSR count). The van der Waals surface area contributed by atoms with Gasteiger partial charge >= 0.3 is 0 Å². The largest absolute Gasteiger partial charge is 0.494 e. The molecule has 5 heterocycles. The first-order chi connectivity index (χ1) is 18.9. The molecule has 1 amide bonds. The van der Waals surface area contributed by atoms with Crippen molar-refractivity contribution in [2.75, 3.05) is 20.2 Å². The summed E-state index contributed by atoms with van der Waals surface area (Å²) in [6, 6.07) is 8.18. The van der Waals surface area contributed by atoms with E-state index in [1.165, 1.54) is 35.0 Å². The van der Waals surface area contributed by atoms with Crippen LogP contribution in [-0.4, -0.2) is 54.9 Å². The lowest BCUT2D eigenvalue weighted by molar-refractivity contribution is 0.0683.